The van der Waals surface area contributed by atoms with E-state index < -0.39 is 0 Å². The maximum Gasteiger partial charge on any atom is 0.143 e. The Bertz CT molecular complexity index is 3280. The third-order valence-electron chi connectivity index (χ3n) is 11.5. The number of nitrogens with zero attached hydrogens (tertiary/aromatic N) is 1. The Balaban J connectivity index is 1.27. The molecule has 0 aliphatic heterocycles. The standard InChI is InChI=1S/C56H37NO/c1-3-17-38(18-4-1)42-25-11-26-43(37-42)57(52-35-16-36-53-55(52)50-33-14-29-46(56(50)58-53)41-19-5-2-6-20-41)51-34-15-32-49(47-30-12-23-39-21-7-9-27-44(39)47)54(51)48-31-13-24-40-22-8-10-28-45(40)48/h1-37H. The summed E-state index contributed by atoms with van der Waals surface area (Å²) in [5.74, 6) is 0. The van der Waals surface area contributed by atoms with Gasteiger partial charge in [-0.25, -0.2) is 0 Å². The van der Waals surface area contributed by atoms with Crippen molar-refractivity contribution < 1.29 is 4.42 Å². The minimum Gasteiger partial charge on any atom is -0.455 e. The summed E-state index contributed by atoms with van der Waals surface area (Å²) >= 11 is 0. The molecule has 0 saturated carbocycles. The van der Waals surface area contributed by atoms with Gasteiger partial charge in [0.25, 0.3) is 0 Å². The lowest BCUT2D eigenvalue weighted by molar-refractivity contribution is 0.670. The van der Waals surface area contributed by atoms with Gasteiger partial charge in [-0.15, -0.1) is 0 Å². The highest BCUT2D eigenvalue weighted by molar-refractivity contribution is 6.17. The van der Waals surface area contributed by atoms with Crippen molar-refractivity contribution in [2.75, 3.05) is 4.90 Å². The Morgan fingerprint density at radius 2 is 0.845 bits per heavy atom. The van der Waals surface area contributed by atoms with Crippen LogP contribution in [-0.4, -0.2) is 0 Å². The summed E-state index contributed by atoms with van der Waals surface area (Å²) in [5, 5.41) is 6.99. The van der Waals surface area contributed by atoms with E-state index in [0.29, 0.717) is 0 Å². The average molecular weight is 740 g/mol. The van der Waals surface area contributed by atoms with Crippen LogP contribution in [-0.2, 0) is 0 Å². The number of anilines is 3. The zero-order chi connectivity index (χ0) is 38.4. The molecule has 0 aliphatic carbocycles. The van der Waals surface area contributed by atoms with E-state index >= 15 is 0 Å². The molecule has 11 aromatic rings. The fourth-order valence-corrected chi connectivity index (χ4v) is 8.86. The first-order valence-electron chi connectivity index (χ1n) is 19.8. The van der Waals surface area contributed by atoms with Crippen molar-refractivity contribution in [1.82, 2.24) is 0 Å². The minimum atomic E-state index is 0.844. The maximum atomic E-state index is 6.88. The second kappa shape index (κ2) is 14.1. The quantitative estimate of drug-likeness (QED) is 0.162. The average Bonchev–Trinajstić information content (AvgIpc) is 3.69. The fourth-order valence-electron chi connectivity index (χ4n) is 8.86. The molecule has 2 heteroatoms. The molecule has 58 heavy (non-hydrogen) atoms. The monoisotopic (exact) mass is 739 g/mol. The van der Waals surface area contributed by atoms with E-state index in [9.17, 15) is 0 Å². The molecular weight excluding hydrogens is 703 g/mol. The molecular formula is C56H37NO. The molecule has 0 fully saturated rings. The van der Waals surface area contributed by atoms with E-state index in [4.69, 9.17) is 4.42 Å². The summed E-state index contributed by atoms with van der Waals surface area (Å²) in [5.41, 5.74) is 14.1. The van der Waals surface area contributed by atoms with Crippen molar-refractivity contribution >= 4 is 60.5 Å². The van der Waals surface area contributed by atoms with Gasteiger partial charge in [0, 0.05) is 22.2 Å². The van der Waals surface area contributed by atoms with E-state index in [-0.39, 0.29) is 0 Å². The second-order valence-corrected chi connectivity index (χ2v) is 14.8. The lowest BCUT2D eigenvalue weighted by atomic mass is 9.87. The molecule has 1 heterocycles. The molecule has 0 aliphatic rings. The van der Waals surface area contributed by atoms with Crippen LogP contribution in [0.25, 0.3) is 88.0 Å². The van der Waals surface area contributed by atoms with Gasteiger partial charge in [0.1, 0.15) is 11.2 Å². The van der Waals surface area contributed by atoms with Crippen molar-refractivity contribution in [2.45, 2.75) is 0 Å². The molecule has 10 aromatic carbocycles. The summed E-state index contributed by atoms with van der Waals surface area (Å²) < 4.78 is 6.88. The van der Waals surface area contributed by atoms with E-state index in [0.717, 1.165) is 61.3 Å². The number of hydrogen-bond acceptors (Lipinski definition) is 2. The normalized spacial score (nSPS) is 11.4. The lowest BCUT2D eigenvalue weighted by Gasteiger charge is -2.30. The minimum absolute atomic E-state index is 0.844. The van der Waals surface area contributed by atoms with E-state index in [1.54, 1.807) is 0 Å². The predicted molar refractivity (Wildman–Crippen MR) is 245 cm³/mol. The fraction of sp³-hybridized carbons (Fsp3) is 0. The molecule has 0 radical (unpaired) electrons. The molecule has 0 unspecified atom stereocenters. The smallest absolute Gasteiger partial charge is 0.143 e. The van der Waals surface area contributed by atoms with E-state index in [1.165, 1.54) is 43.8 Å². The number of para-hydroxylation sites is 1. The first kappa shape index (κ1) is 33.6. The highest BCUT2D eigenvalue weighted by atomic mass is 16.3. The zero-order valence-corrected chi connectivity index (χ0v) is 31.7. The van der Waals surface area contributed by atoms with Crippen molar-refractivity contribution in [3.63, 3.8) is 0 Å². The molecule has 0 bridgehead atoms. The molecule has 1 aromatic heterocycles. The van der Waals surface area contributed by atoms with Gasteiger partial charge < -0.3 is 9.32 Å². The molecule has 0 saturated heterocycles. The SMILES string of the molecule is c1ccc(-c2cccc(N(c3cccc(-c4cccc5ccccc45)c3-c3cccc4ccccc34)c3cccc4oc5c(-c6ccccc6)cccc5c34)c2)cc1. The first-order valence-corrected chi connectivity index (χ1v) is 19.8. The van der Waals surface area contributed by atoms with Crippen LogP contribution in [0.5, 0.6) is 0 Å². The zero-order valence-electron chi connectivity index (χ0n) is 31.7. The van der Waals surface area contributed by atoms with Crippen molar-refractivity contribution in [1.29, 1.82) is 0 Å². The van der Waals surface area contributed by atoms with Crippen molar-refractivity contribution in [3.05, 3.63) is 224 Å². The van der Waals surface area contributed by atoms with Crippen molar-refractivity contribution in [2.24, 2.45) is 0 Å². The number of fused-ring (bicyclic) bond motifs is 5. The van der Waals surface area contributed by atoms with E-state index in [2.05, 4.69) is 229 Å². The summed E-state index contributed by atoms with van der Waals surface area (Å²) in [6.07, 6.45) is 0. The topological polar surface area (TPSA) is 16.4 Å². The largest absolute Gasteiger partial charge is 0.455 e. The highest BCUT2D eigenvalue weighted by Gasteiger charge is 2.26. The first-order chi connectivity index (χ1) is 28.8. The van der Waals surface area contributed by atoms with Crippen LogP contribution in [0.15, 0.2) is 229 Å². The Morgan fingerprint density at radius 1 is 0.328 bits per heavy atom. The Labute approximate surface area is 337 Å². The molecule has 11 rings (SSSR count). The van der Waals surface area contributed by atoms with Gasteiger partial charge in [-0.2, -0.15) is 0 Å². The van der Waals surface area contributed by atoms with Crippen molar-refractivity contribution in [3.8, 4) is 44.5 Å². The van der Waals surface area contributed by atoms with Gasteiger partial charge in [0.15, 0.2) is 0 Å². The number of rotatable bonds is 7. The van der Waals surface area contributed by atoms with Crippen LogP contribution in [0.3, 0.4) is 0 Å². The van der Waals surface area contributed by atoms with Gasteiger partial charge in [0.05, 0.1) is 16.8 Å². The van der Waals surface area contributed by atoms with Gasteiger partial charge in [-0.1, -0.05) is 194 Å². The third-order valence-corrected chi connectivity index (χ3v) is 11.5. The number of benzene rings is 10. The van der Waals surface area contributed by atoms with Gasteiger partial charge in [-0.3, -0.25) is 0 Å². The van der Waals surface area contributed by atoms with Crippen LogP contribution in [0.2, 0.25) is 0 Å². The molecule has 272 valence electrons. The van der Waals surface area contributed by atoms with Crippen LogP contribution in [0.4, 0.5) is 17.1 Å². The second-order valence-electron chi connectivity index (χ2n) is 14.8. The van der Waals surface area contributed by atoms with Gasteiger partial charge >= 0.3 is 0 Å². The van der Waals surface area contributed by atoms with Crippen LogP contribution >= 0.6 is 0 Å². The van der Waals surface area contributed by atoms with E-state index in [1.807, 2.05) is 0 Å². The lowest BCUT2D eigenvalue weighted by Crippen LogP contribution is -2.12. The number of furan rings is 1. The Kier molecular flexibility index (Phi) is 8.19. The van der Waals surface area contributed by atoms with Gasteiger partial charge in [0.2, 0.25) is 0 Å². The maximum absolute atomic E-state index is 6.88. The molecule has 0 N–H and O–H groups in total. The summed E-state index contributed by atoms with van der Waals surface area (Å²) in [6, 6.07) is 80.7. The summed E-state index contributed by atoms with van der Waals surface area (Å²) in [4.78, 5) is 2.46. The Hall–Kier alpha value is -7.68. The molecule has 0 spiro atoms. The van der Waals surface area contributed by atoms with Crippen LogP contribution < -0.4 is 4.90 Å². The summed E-state index contributed by atoms with van der Waals surface area (Å²) in [7, 11) is 0. The third kappa shape index (κ3) is 5.66. The Morgan fingerprint density at radius 3 is 1.62 bits per heavy atom. The van der Waals surface area contributed by atoms with Crippen LogP contribution in [0, 0.1) is 0 Å². The molecule has 0 amide bonds. The van der Waals surface area contributed by atoms with Crippen LogP contribution in [0.1, 0.15) is 0 Å². The highest BCUT2D eigenvalue weighted by Crippen LogP contribution is 2.51. The summed E-state index contributed by atoms with van der Waals surface area (Å²) in [6.45, 7) is 0. The predicted octanol–water partition coefficient (Wildman–Crippen LogP) is 16.0. The molecule has 0 atom stereocenters. The van der Waals surface area contributed by atoms with Gasteiger partial charge in [-0.05, 0) is 85.3 Å². The molecule has 2 nitrogen and oxygen atoms in total. The number of hydrogen-bond donors (Lipinski definition) is 0.